The number of hydrogen-bond acceptors (Lipinski definition) is 4. The van der Waals surface area contributed by atoms with Gasteiger partial charge < -0.3 is 21.1 Å². The molecule has 0 saturated carbocycles. The van der Waals surface area contributed by atoms with Crippen molar-refractivity contribution >= 4 is 29.3 Å². The minimum atomic E-state index is -0.736. The van der Waals surface area contributed by atoms with E-state index in [9.17, 15) is 14.4 Å². The Labute approximate surface area is 151 Å². The Kier molecular flexibility index (Phi) is 6.32. The molecule has 2 aromatic carbocycles. The number of amides is 3. The van der Waals surface area contributed by atoms with E-state index in [1.54, 1.807) is 12.1 Å². The number of ether oxygens (including phenoxy) is 1. The van der Waals surface area contributed by atoms with Crippen LogP contribution in [0.5, 0.6) is 0 Å². The van der Waals surface area contributed by atoms with Crippen molar-refractivity contribution in [3.8, 4) is 0 Å². The summed E-state index contributed by atoms with van der Waals surface area (Å²) >= 11 is 0. The molecule has 4 N–H and O–H groups in total. The highest BCUT2D eigenvalue weighted by Crippen LogP contribution is 2.21. The van der Waals surface area contributed by atoms with E-state index in [-0.39, 0.29) is 5.56 Å². The molecular formula is C19H21N3O4. The third-order valence-corrected chi connectivity index (χ3v) is 3.70. The molecule has 0 spiro atoms. The summed E-state index contributed by atoms with van der Waals surface area (Å²) in [4.78, 5) is 35.1. The fraction of sp³-hybridized carbons (Fsp3) is 0.211. The van der Waals surface area contributed by atoms with E-state index in [0.717, 1.165) is 23.2 Å². The normalized spacial score (nSPS) is 10.1. The van der Waals surface area contributed by atoms with Crippen molar-refractivity contribution in [3.63, 3.8) is 0 Å². The number of para-hydroxylation sites is 1. The minimum absolute atomic E-state index is 0.203. The van der Waals surface area contributed by atoms with E-state index in [4.69, 9.17) is 10.5 Å². The number of aryl methyl sites for hydroxylation is 2. The lowest BCUT2D eigenvalue weighted by atomic mass is 10.1. The zero-order chi connectivity index (χ0) is 19.1. The predicted octanol–water partition coefficient (Wildman–Crippen LogP) is 2.84. The van der Waals surface area contributed by atoms with Crippen molar-refractivity contribution in [1.29, 1.82) is 0 Å². The third-order valence-electron chi connectivity index (χ3n) is 3.70. The molecule has 0 aromatic heterocycles. The second-order valence-corrected chi connectivity index (χ2v) is 5.66. The average Bonchev–Trinajstić information content (AvgIpc) is 2.61. The minimum Gasteiger partial charge on any atom is -0.452 e. The van der Waals surface area contributed by atoms with Gasteiger partial charge >= 0.3 is 12.0 Å². The van der Waals surface area contributed by atoms with Crippen LogP contribution in [-0.2, 0) is 16.0 Å². The van der Waals surface area contributed by atoms with Gasteiger partial charge in [0.05, 0.1) is 5.56 Å². The number of urea groups is 1. The number of primary amides is 1. The van der Waals surface area contributed by atoms with Crippen molar-refractivity contribution in [2.45, 2.75) is 20.3 Å². The van der Waals surface area contributed by atoms with Gasteiger partial charge in [0.1, 0.15) is 0 Å². The Morgan fingerprint density at radius 2 is 1.81 bits per heavy atom. The molecule has 7 nitrogen and oxygen atoms in total. The number of carbonyl (C=O) groups excluding carboxylic acids is 3. The maximum absolute atomic E-state index is 12.1. The fourth-order valence-corrected chi connectivity index (χ4v) is 2.46. The van der Waals surface area contributed by atoms with E-state index in [1.807, 2.05) is 32.0 Å². The Morgan fingerprint density at radius 3 is 2.50 bits per heavy atom. The molecule has 2 aromatic rings. The number of benzene rings is 2. The van der Waals surface area contributed by atoms with Crippen LogP contribution >= 0.6 is 0 Å². The van der Waals surface area contributed by atoms with E-state index in [2.05, 4.69) is 10.6 Å². The van der Waals surface area contributed by atoms with Crippen molar-refractivity contribution in [2.75, 3.05) is 17.2 Å². The zero-order valence-corrected chi connectivity index (χ0v) is 14.7. The number of hydrogen-bond donors (Lipinski definition) is 3. The highest BCUT2D eigenvalue weighted by atomic mass is 16.5. The monoisotopic (exact) mass is 355 g/mol. The Morgan fingerprint density at radius 1 is 1.08 bits per heavy atom. The first-order valence-corrected chi connectivity index (χ1v) is 8.12. The molecule has 3 amide bonds. The van der Waals surface area contributed by atoms with Crippen molar-refractivity contribution < 1.29 is 19.1 Å². The van der Waals surface area contributed by atoms with Gasteiger partial charge in [-0.2, -0.15) is 0 Å². The number of nitrogens with one attached hydrogen (secondary N) is 2. The molecule has 0 fully saturated rings. The van der Waals surface area contributed by atoms with Crippen LogP contribution in [0.3, 0.4) is 0 Å². The Bertz CT molecular complexity index is 833. The van der Waals surface area contributed by atoms with Crippen LogP contribution in [0.4, 0.5) is 16.2 Å². The average molecular weight is 355 g/mol. The molecule has 0 heterocycles. The molecule has 0 aliphatic rings. The molecule has 0 radical (unpaired) electrons. The van der Waals surface area contributed by atoms with E-state index in [0.29, 0.717) is 5.69 Å². The second-order valence-electron chi connectivity index (χ2n) is 5.66. The van der Waals surface area contributed by atoms with Crippen molar-refractivity contribution in [2.24, 2.45) is 5.73 Å². The lowest BCUT2D eigenvalue weighted by molar-refractivity contribution is -0.119. The summed E-state index contributed by atoms with van der Waals surface area (Å²) in [6.07, 6.45) is 0.775. The van der Waals surface area contributed by atoms with E-state index >= 15 is 0 Å². The topological polar surface area (TPSA) is 111 Å². The van der Waals surface area contributed by atoms with Crippen LogP contribution in [0.25, 0.3) is 0 Å². The summed E-state index contributed by atoms with van der Waals surface area (Å²) in [5.74, 6) is -1.09. The van der Waals surface area contributed by atoms with Gasteiger partial charge in [-0.1, -0.05) is 31.2 Å². The lowest BCUT2D eigenvalue weighted by Gasteiger charge is -2.13. The quantitative estimate of drug-likeness (QED) is 0.692. The number of esters is 1. The number of carbonyl (C=O) groups is 3. The Hall–Kier alpha value is -3.35. The zero-order valence-electron chi connectivity index (χ0n) is 14.7. The summed E-state index contributed by atoms with van der Waals surface area (Å²) in [5.41, 5.74) is 8.29. The fourth-order valence-electron chi connectivity index (χ4n) is 2.46. The van der Waals surface area contributed by atoms with Crippen molar-refractivity contribution in [1.82, 2.24) is 0 Å². The molecule has 26 heavy (non-hydrogen) atoms. The molecule has 0 saturated heterocycles. The van der Waals surface area contributed by atoms with E-state index < -0.39 is 24.5 Å². The first-order chi connectivity index (χ1) is 12.4. The summed E-state index contributed by atoms with van der Waals surface area (Å²) in [7, 11) is 0. The van der Waals surface area contributed by atoms with Gasteiger partial charge in [0.2, 0.25) is 0 Å². The highest BCUT2D eigenvalue weighted by Gasteiger charge is 2.13. The van der Waals surface area contributed by atoms with Gasteiger partial charge in [-0.05, 0) is 42.7 Å². The summed E-state index contributed by atoms with van der Waals surface area (Å²) in [6.45, 7) is 3.49. The smallest absolute Gasteiger partial charge is 0.338 e. The molecule has 136 valence electrons. The predicted molar refractivity (Wildman–Crippen MR) is 99.1 cm³/mol. The van der Waals surface area contributed by atoms with Gasteiger partial charge in [0, 0.05) is 11.4 Å². The molecule has 0 bridgehead atoms. The van der Waals surface area contributed by atoms with Gasteiger partial charge in [-0.3, -0.25) is 4.79 Å². The van der Waals surface area contributed by atoms with Crippen LogP contribution < -0.4 is 16.4 Å². The molecule has 7 heteroatoms. The SMILES string of the molecule is CCc1cccc(C)c1NC(=O)COC(=O)c1cccc(NC(N)=O)c1. The summed E-state index contributed by atoms with van der Waals surface area (Å²) < 4.78 is 5.04. The lowest BCUT2D eigenvalue weighted by Crippen LogP contribution is -2.22. The molecule has 0 atom stereocenters. The number of rotatable bonds is 6. The highest BCUT2D eigenvalue weighted by molar-refractivity contribution is 5.97. The summed E-state index contributed by atoms with van der Waals surface area (Å²) in [5, 5.41) is 5.15. The molecule has 2 rings (SSSR count). The third kappa shape index (κ3) is 5.07. The van der Waals surface area contributed by atoms with Crippen LogP contribution in [0.15, 0.2) is 42.5 Å². The summed E-state index contributed by atoms with van der Waals surface area (Å²) in [6, 6.07) is 11.1. The maximum atomic E-state index is 12.1. The van der Waals surface area contributed by atoms with E-state index in [1.165, 1.54) is 12.1 Å². The first-order valence-electron chi connectivity index (χ1n) is 8.12. The standard InChI is InChI=1S/C19H21N3O4/c1-3-13-7-4-6-12(2)17(13)22-16(23)11-26-18(24)14-8-5-9-15(10-14)21-19(20)25/h4-10H,3,11H2,1-2H3,(H,22,23)(H3,20,21,25). The van der Waals surface area contributed by atoms with Crippen LogP contribution in [0.2, 0.25) is 0 Å². The van der Waals surface area contributed by atoms with Crippen LogP contribution in [0, 0.1) is 6.92 Å². The maximum Gasteiger partial charge on any atom is 0.338 e. The largest absolute Gasteiger partial charge is 0.452 e. The van der Waals surface area contributed by atoms with Gasteiger partial charge in [-0.15, -0.1) is 0 Å². The molecule has 0 unspecified atom stereocenters. The van der Waals surface area contributed by atoms with Gasteiger partial charge in [0.15, 0.2) is 6.61 Å². The number of nitrogens with two attached hydrogens (primary N) is 1. The van der Waals surface area contributed by atoms with Crippen LogP contribution in [-0.4, -0.2) is 24.5 Å². The molecule has 0 aliphatic heterocycles. The van der Waals surface area contributed by atoms with Gasteiger partial charge in [-0.25, -0.2) is 9.59 Å². The van der Waals surface area contributed by atoms with Crippen molar-refractivity contribution in [3.05, 3.63) is 59.2 Å². The number of anilines is 2. The Balaban J connectivity index is 1.97. The van der Waals surface area contributed by atoms with Gasteiger partial charge in [0.25, 0.3) is 5.91 Å². The first kappa shape index (κ1) is 19.0. The molecular weight excluding hydrogens is 334 g/mol. The molecule has 0 aliphatic carbocycles. The second kappa shape index (κ2) is 8.66. The van der Waals surface area contributed by atoms with Crippen LogP contribution in [0.1, 0.15) is 28.4 Å².